The number of benzene rings is 3. The minimum atomic E-state index is -0.485. The van der Waals surface area contributed by atoms with E-state index in [0.29, 0.717) is 13.1 Å². The Morgan fingerprint density at radius 1 is 0.914 bits per heavy atom. The van der Waals surface area contributed by atoms with Gasteiger partial charge in [0.25, 0.3) is 0 Å². The molecule has 2 aliphatic rings. The second-order valence-corrected chi connectivity index (χ2v) is 10.2. The van der Waals surface area contributed by atoms with E-state index in [-0.39, 0.29) is 6.03 Å². The van der Waals surface area contributed by atoms with Gasteiger partial charge in [-0.15, -0.1) is 0 Å². The molecule has 0 atom stereocenters. The van der Waals surface area contributed by atoms with Gasteiger partial charge in [0.2, 0.25) is 0 Å². The van der Waals surface area contributed by atoms with Crippen molar-refractivity contribution in [2.24, 2.45) is 9.98 Å². The highest BCUT2D eigenvalue weighted by molar-refractivity contribution is 8.15. The lowest BCUT2D eigenvalue weighted by molar-refractivity contribution is 0.175. The van der Waals surface area contributed by atoms with Crippen molar-refractivity contribution in [3.05, 3.63) is 101 Å². The Morgan fingerprint density at radius 2 is 1.60 bits per heavy atom. The van der Waals surface area contributed by atoms with Gasteiger partial charge in [-0.05, 0) is 42.7 Å². The summed E-state index contributed by atoms with van der Waals surface area (Å²) in [6, 6.07) is 26.7. The summed E-state index contributed by atoms with van der Waals surface area (Å²) in [6.45, 7) is 5.39. The van der Waals surface area contributed by atoms with Gasteiger partial charge in [-0.2, -0.15) is 0 Å². The van der Waals surface area contributed by atoms with Crippen molar-refractivity contribution in [3.63, 3.8) is 0 Å². The van der Waals surface area contributed by atoms with E-state index >= 15 is 0 Å². The standard InChI is InChI=1S/C29H30N4OS/c1-21-13-14-25(19-22(21)2)30-28(34)33-17-15-29(16-18-33)31-26(24-11-7-4-8-12-24)27(32-29)35-20-23-9-5-3-6-10-23/h3-14,19H,15-18,20H2,1-2H3,(H,30,34). The molecule has 1 saturated heterocycles. The fourth-order valence-corrected chi connectivity index (χ4v) is 5.48. The minimum Gasteiger partial charge on any atom is -0.324 e. The third kappa shape index (κ3) is 5.33. The lowest BCUT2D eigenvalue weighted by Gasteiger charge is -2.35. The zero-order chi connectivity index (χ0) is 24.3. The van der Waals surface area contributed by atoms with Gasteiger partial charge in [0.15, 0.2) is 5.66 Å². The van der Waals surface area contributed by atoms with Gasteiger partial charge in [0.05, 0.1) is 5.71 Å². The maximum absolute atomic E-state index is 12.9. The molecule has 178 valence electrons. The van der Waals surface area contributed by atoms with Crippen molar-refractivity contribution >= 4 is 34.2 Å². The Morgan fingerprint density at radius 3 is 2.29 bits per heavy atom. The predicted octanol–water partition coefficient (Wildman–Crippen LogP) is 6.46. The lowest BCUT2D eigenvalue weighted by atomic mass is 9.98. The molecule has 0 unspecified atom stereocenters. The average molecular weight is 483 g/mol. The molecule has 2 heterocycles. The Hall–Kier alpha value is -3.38. The van der Waals surface area contributed by atoms with Crippen LogP contribution in [0.15, 0.2) is 88.8 Å². The first-order valence-corrected chi connectivity index (χ1v) is 13.1. The maximum atomic E-state index is 12.9. The van der Waals surface area contributed by atoms with Gasteiger partial charge >= 0.3 is 6.03 Å². The molecule has 3 aromatic carbocycles. The van der Waals surface area contributed by atoms with Gasteiger partial charge in [-0.25, -0.2) is 9.79 Å². The second kappa shape index (κ2) is 10.1. The summed E-state index contributed by atoms with van der Waals surface area (Å²) in [7, 11) is 0. The van der Waals surface area contributed by atoms with Crippen LogP contribution in [0.5, 0.6) is 0 Å². The fourth-order valence-electron chi connectivity index (χ4n) is 4.45. The number of hydrogen-bond acceptors (Lipinski definition) is 4. The molecule has 5 rings (SSSR count). The van der Waals surface area contributed by atoms with Crippen LogP contribution in [0.1, 0.15) is 35.1 Å². The van der Waals surface area contributed by atoms with Gasteiger partial charge in [0, 0.05) is 42.9 Å². The van der Waals surface area contributed by atoms with E-state index in [4.69, 9.17) is 9.98 Å². The molecule has 1 spiro atoms. The number of piperidine rings is 1. The first-order chi connectivity index (χ1) is 17.0. The van der Waals surface area contributed by atoms with Crippen LogP contribution in [0.4, 0.5) is 10.5 Å². The van der Waals surface area contributed by atoms with Crippen LogP contribution in [0.25, 0.3) is 0 Å². The van der Waals surface area contributed by atoms with Crippen molar-refractivity contribution in [3.8, 4) is 0 Å². The van der Waals surface area contributed by atoms with Gasteiger partial charge in [-0.1, -0.05) is 78.5 Å². The number of nitrogens with one attached hydrogen (secondary N) is 1. The third-order valence-corrected chi connectivity index (χ3v) is 7.74. The zero-order valence-electron chi connectivity index (χ0n) is 20.2. The number of amides is 2. The number of anilines is 1. The summed E-state index contributed by atoms with van der Waals surface area (Å²) in [4.78, 5) is 25.1. The fraction of sp³-hybridized carbons (Fsp3) is 0.276. The Labute approximate surface area is 211 Å². The summed E-state index contributed by atoms with van der Waals surface area (Å²) in [6.07, 6.45) is 1.44. The normalized spacial score (nSPS) is 16.7. The monoisotopic (exact) mass is 482 g/mol. The molecule has 0 aromatic heterocycles. The van der Waals surface area contributed by atoms with Crippen LogP contribution in [0.2, 0.25) is 0 Å². The summed E-state index contributed by atoms with van der Waals surface area (Å²) in [5.74, 6) is 0.853. The summed E-state index contributed by atoms with van der Waals surface area (Å²) >= 11 is 1.75. The number of urea groups is 1. The van der Waals surface area contributed by atoms with E-state index in [9.17, 15) is 4.79 Å². The van der Waals surface area contributed by atoms with Gasteiger partial charge in [-0.3, -0.25) is 4.99 Å². The topological polar surface area (TPSA) is 57.1 Å². The molecule has 0 saturated carbocycles. The molecule has 35 heavy (non-hydrogen) atoms. The Kier molecular flexibility index (Phi) is 6.73. The highest BCUT2D eigenvalue weighted by Gasteiger charge is 2.40. The lowest BCUT2D eigenvalue weighted by Crippen LogP contribution is -2.46. The smallest absolute Gasteiger partial charge is 0.321 e. The second-order valence-electron chi connectivity index (χ2n) is 9.22. The highest BCUT2D eigenvalue weighted by Crippen LogP contribution is 2.36. The van der Waals surface area contributed by atoms with Crippen LogP contribution in [-0.4, -0.2) is 40.4 Å². The number of nitrogens with zero attached hydrogens (tertiary/aromatic N) is 3. The SMILES string of the molecule is Cc1ccc(NC(=O)N2CCC3(CC2)N=C(SCc2ccccc2)C(c2ccccc2)=N3)cc1C. The van der Waals surface area contributed by atoms with Gasteiger partial charge in [0.1, 0.15) is 5.04 Å². The number of aliphatic imine (C=N–C) groups is 2. The van der Waals surface area contributed by atoms with Gasteiger partial charge < -0.3 is 10.2 Å². The maximum Gasteiger partial charge on any atom is 0.321 e. The number of hydrogen-bond donors (Lipinski definition) is 1. The van der Waals surface area contributed by atoms with Crippen molar-refractivity contribution in [2.45, 2.75) is 38.1 Å². The van der Waals surface area contributed by atoms with E-state index in [0.717, 1.165) is 40.6 Å². The Balaban J connectivity index is 1.30. The number of likely N-dealkylation sites (tertiary alicyclic amines) is 1. The van der Waals surface area contributed by atoms with E-state index in [1.807, 2.05) is 47.4 Å². The van der Waals surface area contributed by atoms with Crippen LogP contribution in [0.3, 0.4) is 0 Å². The number of aryl methyl sites for hydroxylation is 2. The molecular weight excluding hydrogens is 452 g/mol. The van der Waals surface area contributed by atoms with Crippen molar-refractivity contribution < 1.29 is 4.79 Å². The van der Waals surface area contributed by atoms with E-state index < -0.39 is 5.66 Å². The minimum absolute atomic E-state index is 0.0592. The van der Waals surface area contributed by atoms with E-state index in [1.54, 1.807) is 11.8 Å². The summed E-state index contributed by atoms with van der Waals surface area (Å²) in [5, 5.41) is 4.05. The van der Waals surface area contributed by atoms with Crippen molar-refractivity contribution in [1.82, 2.24) is 4.90 Å². The molecule has 5 nitrogen and oxygen atoms in total. The van der Waals surface area contributed by atoms with Crippen LogP contribution >= 0.6 is 11.8 Å². The largest absolute Gasteiger partial charge is 0.324 e. The highest BCUT2D eigenvalue weighted by atomic mass is 32.2. The molecule has 0 radical (unpaired) electrons. The van der Waals surface area contributed by atoms with Crippen LogP contribution in [-0.2, 0) is 5.75 Å². The number of carbonyl (C=O) groups is 1. The third-order valence-electron chi connectivity index (χ3n) is 6.71. The number of rotatable bonds is 4. The van der Waals surface area contributed by atoms with E-state index in [1.165, 1.54) is 16.7 Å². The molecule has 0 bridgehead atoms. The molecular formula is C29H30N4OS. The predicted molar refractivity (Wildman–Crippen MR) is 147 cm³/mol. The average Bonchev–Trinajstić information content (AvgIpc) is 3.24. The molecule has 3 aromatic rings. The quantitative estimate of drug-likeness (QED) is 0.464. The molecule has 0 aliphatic carbocycles. The molecule has 2 amide bonds. The first kappa shape index (κ1) is 23.4. The molecule has 1 N–H and O–H groups in total. The van der Waals surface area contributed by atoms with Crippen LogP contribution < -0.4 is 5.32 Å². The molecule has 6 heteroatoms. The number of carbonyl (C=O) groups excluding carboxylic acids is 1. The zero-order valence-corrected chi connectivity index (χ0v) is 21.0. The molecule has 1 fully saturated rings. The van der Waals surface area contributed by atoms with E-state index in [2.05, 4.69) is 55.6 Å². The van der Waals surface area contributed by atoms with Crippen LogP contribution in [0, 0.1) is 13.8 Å². The summed E-state index contributed by atoms with van der Waals surface area (Å²) in [5.41, 5.74) is 6.08. The van der Waals surface area contributed by atoms with Crippen molar-refractivity contribution in [2.75, 3.05) is 18.4 Å². The first-order valence-electron chi connectivity index (χ1n) is 12.1. The van der Waals surface area contributed by atoms with Crippen molar-refractivity contribution in [1.29, 1.82) is 0 Å². The summed E-state index contributed by atoms with van der Waals surface area (Å²) < 4.78 is 0. The molecule has 2 aliphatic heterocycles. The Bertz CT molecular complexity index is 1260. The number of thioether (sulfide) groups is 1.